The van der Waals surface area contributed by atoms with Crippen molar-refractivity contribution in [3.05, 3.63) is 94.3 Å². The Bertz CT molecular complexity index is 1270. The largest absolute Gasteiger partial charge is 0.440 e. The summed E-state index contributed by atoms with van der Waals surface area (Å²) in [6.45, 7) is 0.193. The van der Waals surface area contributed by atoms with Crippen LogP contribution in [0.2, 0.25) is 0 Å². The van der Waals surface area contributed by atoms with Crippen LogP contribution in [0.4, 0.5) is 26.3 Å². The van der Waals surface area contributed by atoms with Gasteiger partial charge in [0.25, 0.3) is 5.91 Å². The number of hydrogen-bond acceptors (Lipinski definition) is 3. The molecule has 2 heterocycles. The highest BCUT2D eigenvalue weighted by Gasteiger charge is 2.50. The first-order valence-electron chi connectivity index (χ1n) is 10.7. The third kappa shape index (κ3) is 3.96. The van der Waals surface area contributed by atoms with E-state index in [2.05, 4.69) is 0 Å². The molecule has 0 spiro atoms. The molecule has 5 rings (SSSR count). The molecule has 0 aromatic heterocycles. The number of alkyl halides is 1. The van der Waals surface area contributed by atoms with Gasteiger partial charge in [0.1, 0.15) is 35.3 Å². The number of halogens is 6. The van der Waals surface area contributed by atoms with E-state index >= 15 is 0 Å². The molecule has 35 heavy (non-hydrogen) atoms. The smallest absolute Gasteiger partial charge is 0.311 e. The first-order valence-corrected chi connectivity index (χ1v) is 10.7. The summed E-state index contributed by atoms with van der Waals surface area (Å²) < 4.78 is 96.8. The van der Waals surface area contributed by atoms with Gasteiger partial charge in [0.2, 0.25) is 0 Å². The van der Waals surface area contributed by atoms with Gasteiger partial charge in [0.05, 0.1) is 16.7 Å². The molecule has 1 saturated heterocycles. The maximum atomic E-state index is 14.9. The molecule has 182 valence electrons. The van der Waals surface area contributed by atoms with E-state index in [9.17, 15) is 31.1 Å². The number of carbonyl (C=O) groups is 1. The van der Waals surface area contributed by atoms with Crippen molar-refractivity contribution in [2.45, 2.75) is 24.8 Å². The molecule has 0 saturated carbocycles. The predicted octanol–water partition coefficient (Wildman–Crippen LogP) is 5.63. The van der Waals surface area contributed by atoms with Gasteiger partial charge in [-0.2, -0.15) is 0 Å². The van der Waals surface area contributed by atoms with Crippen LogP contribution in [-0.2, 0) is 5.79 Å². The molecule has 0 unspecified atom stereocenters. The summed E-state index contributed by atoms with van der Waals surface area (Å²) in [6.07, 6.45) is -0.804. The highest BCUT2D eigenvalue weighted by atomic mass is 19.2. The van der Waals surface area contributed by atoms with Crippen LogP contribution >= 0.6 is 0 Å². The fourth-order valence-corrected chi connectivity index (χ4v) is 4.29. The zero-order valence-electron chi connectivity index (χ0n) is 18.0. The number of carbonyl (C=O) groups excluding carboxylic acids is 1. The molecule has 4 nitrogen and oxygen atoms in total. The first-order chi connectivity index (χ1) is 16.7. The van der Waals surface area contributed by atoms with Crippen LogP contribution in [0.1, 0.15) is 34.3 Å². The van der Waals surface area contributed by atoms with Gasteiger partial charge in [-0.15, -0.1) is 0 Å². The van der Waals surface area contributed by atoms with E-state index in [1.165, 1.54) is 4.90 Å². The second-order valence-corrected chi connectivity index (χ2v) is 8.31. The SMILES string of the molecule is O=C(c1cc2c(cc1F)OC(c1ccc(F)cc1F)(c1ccc(F)cc1F)O2)N1CCC(F)CC1. The minimum Gasteiger partial charge on any atom is -0.440 e. The van der Waals surface area contributed by atoms with E-state index in [0.717, 1.165) is 36.4 Å². The molecule has 0 N–H and O–H groups in total. The van der Waals surface area contributed by atoms with E-state index in [1.54, 1.807) is 0 Å². The first kappa shape index (κ1) is 23.1. The van der Waals surface area contributed by atoms with Crippen LogP contribution in [0, 0.1) is 29.1 Å². The number of nitrogens with zero attached hydrogens (tertiary/aromatic N) is 1. The number of fused-ring (bicyclic) bond motifs is 1. The Morgan fingerprint density at radius 3 is 1.80 bits per heavy atom. The summed E-state index contributed by atoms with van der Waals surface area (Å²) in [6, 6.07) is 6.61. The van der Waals surface area contributed by atoms with E-state index in [1.807, 2.05) is 0 Å². The number of piperidine rings is 1. The molecule has 0 atom stereocenters. The maximum Gasteiger partial charge on any atom is 0.311 e. The van der Waals surface area contributed by atoms with Crippen molar-refractivity contribution in [3.63, 3.8) is 0 Å². The average molecular weight is 493 g/mol. The van der Waals surface area contributed by atoms with Gasteiger partial charge in [-0.1, -0.05) is 0 Å². The zero-order chi connectivity index (χ0) is 24.9. The van der Waals surface area contributed by atoms with E-state index in [4.69, 9.17) is 9.47 Å². The summed E-state index contributed by atoms with van der Waals surface area (Å²) in [5.41, 5.74) is -1.32. The molecular weight excluding hydrogens is 476 g/mol. The van der Waals surface area contributed by atoms with Crippen molar-refractivity contribution in [1.82, 2.24) is 4.90 Å². The number of hydrogen-bond donors (Lipinski definition) is 0. The number of rotatable bonds is 3. The Labute approximate surface area is 195 Å². The molecule has 1 amide bonds. The molecule has 0 bridgehead atoms. The highest BCUT2D eigenvalue weighted by molar-refractivity contribution is 5.95. The standard InChI is InChI=1S/C25H17F6NO3/c26-13-5-7-32(8-6-13)24(33)16-11-22-23(12-19(16)29)35-25(34-22,17-3-1-14(27)9-20(17)30)18-4-2-15(28)10-21(18)31/h1-4,9-13H,5-8H2. The van der Waals surface area contributed by atoms with Gasteiger partial charge >= 0.3 is 5.79 Å². The monoisotopic (exact) mass is 493 g/mol. The fourth-order valence-electron chi connectivity index (χ4n) is 4.29. The molecule has 0 radical (unpaired) electrons. The second-order valence-electron chi connectivity index (χ2n) is 8.31. The second kappa shape index (κ2) is 8.51. The molecule has 2 aliphatic rings. The van der Waals surface area contributed by atoms with Gasteiger partial charge in [-0.05, 0) is 43.2 Å². The number of likely N-dealkylation sites (tertiary alicyclic amines) is 1. The minimum atomic E-state index is -2.40. The molecule has 3 aromatic rings. The van der Waals surface area contributed by atoms with Gasteiger partial charge in [0, 0.05) is 31.3 Å². The lowest BCUT2D eigenvalue weighted by Gasteiger charge is -2.29. The lowest BCUT2D eigenvalue weighted by molar-refractivity contribution is -0.0516. The van der Waals surface area contributed by atoms with Crippen molar-refractivity contribution in [3.8, 4) is 11.5 Å². The van der Waals surface area contributed by atoms with Crippen molar-refractivity contribution >= 4 is 5.91 Å². The molecule has 0 aliphatic carbocycles. The van der Waals surface area contributed by atoms with E-state index in [0.29, 0.717) is 12.1 Å². The van der Waals surface area contributed by atoms with Crippen LogP contribution in [0.5, 0.6) is 11.5 Å². The molecular formula is C25H17F6NO3. The molecule has 1 fully saturated rings. The van der Waals surface area contributed by atoms with Crippen LogP contribution in [0.15, 0.2) is 48.5 Å². The molecule has 2 aliphatic heterocycles. The van der Waals surface area contributed by atoms with Gasteiger partial charge < -0.3 is 14.4 Å². The Kier molecular flexibility index (Phi) is 5.61. The Hall–Kier alpha value is -3.69. The average Bonchev–Trinajstić information content (AvgIpc) is 3.17. The van der Waals surface area contributed by atoms with Crippen molar-refractivity contribution in [1.29, 1.82) is 0 Å². The van der Waals surface area contributed by atoms with E-state index in [-0.39, 0.29) is 37.4 Å². The van der Waals surface area contributed by atoms with Crippen LogP contribution in [0.3, 0.4) is 0 Å². The normalized spacial score (nSPS) is 17.0. The number of ether oxygens (including phenoxy) is 2. The van der Waals surface area contributed by atoms with Gasteiger partial charge in [-0.25, -0.2) is 26.3 Å². The lowest BCUT2D eigenvalue weighted by Crippen LogP contribution is -2.39. The summed E-state index contributed by atoms with van der Waals surface area (Å²) in [7, 11) is 0. The third-order valence-corrected chi connectivity index (χ3v) is 6.05. The summed E-state index contributed by atoms with van der Waals surface area (Å²) in [5, 5.41) is 0. The Morgan fingerprint density at radius 1 is 0.771 bits per heavy atom. The predicted molar refractivity (Wildman–Crippen MR) is 111 cm³/mol. The summed E-state index contributed by atoms with van der Waals surface area (Å²) in [5.74, 6) is -8.77. The molecule has 10 heteroatoms. The zero-order valence-corrected chi connectivity index (χ0v) is 18.0. The minimum absolute atomic E-state index is 0.0966. The van der Waals surface area contributed by atoms with Gasteiger partial charge in [0.15, 0.2) is 11.5 Å². The van der Waals surface area contributed by atoms with Gasteiger partial charge in [-0.3, -0.25) is 4.79 Å². The highest BCUT2D eigenvalue weighted by Crippen LogP contribution is 2.49. The van der Waals surface area contributed by atoms with Crippen molar-refractivity contribution < 1.29 is 40.6 Å². The number of benzene rings is 3. The molecule has 3 aromatic carbocycles. The Morgan fingerprint density at radius 2 is 1.29 bits per heavy atom. The van der Waals surface area contributed by atoms with Crippen LogP contribution in [0.25, 0.3) is 0 Å². The lowest BCUT2D eigenvalue weighted by atomic mass is 9.96. The quantitative estimate of drug-likeness (QED) is 0.444. The number of amides is 1. The summed E-state index contributed by atoms with van der Waals surface area (Å²) >= 11 is 0. The van der Waals surface area contributed by atoms with E-state index < -0.39 is 63.6 Å². The fraction of sp³-hybridized carbons (Fsp3) is 0.240. The topological polar surface area (TPSA) is 38.8 Å². The van der Waals surface area contributed by atoms with Crippen molar-refractivity contribution in [2.24, 2.45) is 0 Å². The third-order valence-electron chi connectivity index (χ3n) is 6.05. The van der Waals surface area contributed by atoms with Crippen LogP contribution < -0.4 is 9.47 Å². The van der Waals surface area contributed by atoms with Crippen LogP contribution in [-0.4, -0.2) is 30.1 Å². The maximum absolute atomic E-state index is 14.9. The Balaban J connectivity index is 1.60. The summed E-state index contributed by atoms with van der Waals surface area (Å²) in [4.78, 5) is 14.2. The van der Waals surface area contributed by atoms with Crippen molar-refractivity contribution in [2.75, 3.05) is 13.1 Å².